The standard InChI is InChI=1S/C17H25N3O/c1-4-13(2)20(9-10-21-3)17-11-14(12-18)15-7-5-6-8-16(15)19-17/h5-8,11,13H,4,9-10,12,18H2,1-3H3. The first-order chi connectivity index (χ1) is 10.2. The van der Waals surface area contributed by atoms with Crippen LogP contribution in [-0.2, 0) is 11.3 Å². The molecule has 0 bridgehead atoms. The number of para-hydroxylation sites is 1. The SMILES string of the molecule is CCC(C)N(CCOC)c1cc(CN)c2ccccc2n1. The smallest absolute Gasteiger partial charge is 0.129 e. The van der Waals surface area contributed by atoms with Crippen molar-refractivity contribution in [3.63, 3.8) is 0 Å². The monoisotopic (exact) mass is 287 g/mol. The second kappa shape index (κ2) is 7.38. The van der Waals surface area contributed by atoms with Crippen molar-refractivity contribution in [3.05, 3.63) is 35.9 Å². The Morgan fingerprint density at radius 1 is 1.33 bits per heavy atom. The van der Waals surface area contributed by atoms with Crippen LogP contribution in [0.1, 0.15) is 25.8 Å². The molecule has 1 heterocycles. The third-order valence-corrected chi connectivity index (χ3v) is 3.96. The Hall–Kier alpha value is -1.65. The van der Waals surface area contributed by atoms with Crippen molar-refractivity contribution >= 4 is 16.7 Å². The maximum Gasteiger partial charge on any atom is 0.129 e. The van der Waals surface area contributed by atoms with Crippen molar-refractivity contribution in [2.45, 2.75) is 32.9 Å². The Kier molecular flexibility index (Phi) is 5.53. The molecule has 2 aromatic rings. The van der Waals surface area contributed by atoms with E-state index in [1.165, 1.54) is 0 Å². The van der Waals surface area contributed by atoms with Crippen LogP contribution >= 0.6 is 0 Å². The van der Waals surface area contributed by atoms with Crippen molar-refractivity contribution in [1.82, 2.24) is 4.98 Å². The number of hydrogen-bond donors (Lipinski definition) is 1. The van der Waals surface area contributed by atoms with Crippen LogP contribution < -0.4 is 10.6 Å². The van der Waals surface area contributed by atoms with Gasteiger partial charge in [0.25, 0.3) is 0 Å². The Morgan fingerprint density at radius 2 is 2.10 bits per heavy atom. The second-order valence-corrected chi connectivity index (χ2v) is 5.30. The first-order valence-electron chi connectivity index (χ1n) is 7.55. The van der Waals surface area contributed by atoms with Crippen molar-refractivity contribution in [3.8, 4) is 0 Å². The van der Waals surface area contributed by atoms with Gasteiger partial charge < -0.3 is 15.4 Å². The predicted molar refractivity (Wildman–Crippen MR) is 88.6 cm³/mol. The summed E-state index contributed by atoms with van der Waals surface area (Å²) in [5, 5.41) is 1.14. The van der Waals surface area contributed by atoms with Crippen LogP contribution in [0.3, 0.4) is 0 Å². The Morgan fingerprint density at radius 3 is 2.76 bits per heavy atom. The lowest BCUT2D eigenvalue weighted by Crippen LogP contribution is -2.36. The van der Waals surface area contributed by atoms with Crippen LogP contribution in [0.15, 0.2) is 30.3 Å². The number of hydrogen-bond acceptors (Lipinski definition) is 4. The summed E-state index contributed by atoms with van der Waals surface area (Å²) in [4.78, 5) is 7.12. The third kappa shape index (κ3) is 3.52. The first-order valence-corrected chi connectivity index (χ1v) is 7.55. The lowest BCUT2D eigenvalue weighted by atomic mass is 10.1. The number of methoxy groups -OCH3 is 1. The van der Waals surface area contributed by atoms with E-state index in [1.807, 2.05) is 18.2 Å². The molecule has 114 valence electrons. The molecule has 0 aliphatic carbocycles. The van der Waals surface area contributed by atoms with Crippen LogP contribution in [0.25, 0.3) is 10.9 Å². The number of nitrogens with two attached hydrogens (primary N) is 1. The van der Waals surface area contributed by atoms with Gasteiger partial charge in [-0.15, -0.1) is 0 Å². The number of benzene rings is 1. The molecule has 0 aliphatic rings. The lowest BCUT2D eigenvalue weighted by molar-refractivity contribution is 0.203. The summed E-state index contributed by atoms with van der Waals surface area (Å²) < 4.78 is 5.24. The fourth-order valence-corrected chi connectivity index (χ4v) is 2.52. The summed E-state index contributed by atoms with van der Waals surface area (Å²) in [6.45, 7) is 6.45. The van der Waals surface area contributed by atoms with E-state index in [0.29, 0.717) is 19.2 Å². The zero-order valence-electron chi connectivity index (χ0n) is 13.2. The van der Waals surface area contributed by atoms with E-state index in [1.54, 1.807) is 7.11 Å². The zero-order chi connectivity index (χ0) is 15.2. The van der Waals surface area contributed by atoms with Crippen molar-refractivity contribution in [1.29, 1.82) is 0 Å². The van der Waals surface area contributed by atoms with E-state index in [-0.39, 0.29) is 0 Å². The van der Waals surface area contributed by atoms with Crippen LogP contribution in [0.4, 0.5) is 5.82 Å². The van der Waals surface area contributed by atoms with Crippen LogP contribution in [-0.4, -0.2) is 31.3 Å². The second-order valence-electron chi connectivity index (χ2n) is 5.30. The van der Waals surface area contributed by atoms with Gasteiger partial charge in [-0.3, -0.25) is 0 Å². The minimum absolute atomic E-state index is 0.416. The number of aromatic nitrogens is 1. The number of anilines is 1. The quantitative estimate of drug-likeness (QED) is 0.850. The average Bonchev–Trinajstić information content (AvgIpc) is 2.54. The molecule has 2 rings (SSSR count). The molecule has 2 N–H and O–H groups in total. The molecular formula is C17H25N3O. The van der Waals surface area contributed by atoms with Gasteiger partial charge in [0.15, 0.2) is 0 Å². The number of rotatable bonds is 7. The summed E-state index contributed by atoms with van der Waals surface area (Å²) in [5.74, 6) is 0.987. The molecule has 0 saturated heterocycles. The highest BCUT2D eigenvalue weighted by atomic mass is 16.5. The minimum atomic E-state index is 0.416. The molecule has 0 spiro atoms. The fraction of sp³-hybridized carbons (Fsp3) is 0.471. The molecule has 4 nitrogen and oxygen atoms in total. The van der Waals surface area contributed by atoms with Crippen molar-refractivity contribution in [2.24, 2.45) is 5.73 Å². The van der Waals surface area contributed by atoms with Gasteiger partial charge in [-0.25, -0.2) is 4.98 Å². The molecule has 1 atom stereocenters. The van der Waals surface area contributed by atoms with Gasteiger partial charge in [0.2, 0.25) is 0 Å². The number of ether oxygens (including phenoxy) is 1. The number of pyridine rings is 1. The van der Waals surface area contributed by atoms with Crippen LogP contribution in [0.2, 0.25) is 0 Å². The third-order valence-electron chi connectivity index (χ3n) is 3.96. The fourth-order valence-electron chi connectivity index (χ4n) is 2.52. The van der Waals surface area contributed by atoms with E-state index < -0.39 is 0 Å². The molecule has 1 aromatic heterocycles. The van der Waals surface area contributed by atoms with Gasteiger partial charge in [-0.1, -0.05) is 25.1 Å². The minimum Gasteiger partial charge on any atom is -0.383 e. The molecule has 1 unspecified atom stereocenters. The molecule has 21 heavy (non-hydrogen) atoms. The van der Waals surface area contributed by atoms with Crippen LogP contribution in [0.5, 0.6) is 0 Å². The van der Waals surface area contributed by atoms with E-state index >= 15 is 0 Å². The highest BCUT2D eigenvalue weighted by Crippen LogP contribution is 2.24. The van der Waals surface area contributed by atoms with Gasteiger partial charge in [0.05, 0.1) is 12.1 Å². The molecule has 4 heteroatoms. The van der Waals surface area contributed by atoms with Crippen molar-refractivity contribution in [2.75, 3.05) is 25.2 Å². The van der Waals surface area contributed by atoms with Gasteiger partial charge in [-0.05, 0) is 31.0 Å². The van der Waals surface area contributed by atoms with Crippen molar-refractivity contribution < 1.29 is 4.74 Å². The summed E-state index contributed by atoms with van der Waals surface area (Å²) in [7, 11) is 1.73. The predicted octanol–water partition coefficient (Wildman–Crippen LogP) is 2.94. The Balaban J connectivity index is 2.46. The summed E-state index contributed by atoms with van der Waals surface area (Å²) >= 11 is 0. The van der Waals surface area contributed by atoms with Gasteiger partial charge >= 0.3 is 0 Å². The van der Waals surface area contributed by atoms with E-state index in [9.17, 15) is 0 Å². The molecule has 0 radical (unpaired) electrons. The highest BCUT2D eigenvalue weighted by molar-refractivity contribution is 5.84. The maximum absolute atomic E-state index is 5.92. The topological polar surface area (TPSA) is 51.4 Å². The normalized spacial score (nSPS) is 12.6. The van der Waals surface area contributed by atoms with Gasteiger partial charge in [-0.2, -0.15) is 0 Å². The molecule has 0 amide bonds. The van der Waals surface area contributed by atoms with Gasteiger partial charge in [0.1, 0.15) is 5.82 Å². The molecule has 0 aliphatic heterocycles. The van der Waals surface area contributed by atoms with Gasteiger partial charge in [0, 0.05) is 31.6 Å². The number of nitrogens with zero attached hydrogens (tertiary/aromatic N) is 2. The largest absolute Gasteiger partial charge is 0.383 e. The van der Waals surface area contributed by atoms with E-state index in [2.05, 4.69) is 30.9 Å². The molecular weight excluding hydrogens is 262 g/mol. The zero-order valence-corrected chi connectivity index (χ0v) is 13.2. The van der Waals surface area contributed by atoms with E-state index in [0.717, 1.165) is 35.2 Å². The molecule has 0 saturated carbocycles. The summed E-state index contributed by atoms with van der Waals surface area (Å²) in [6, 6.07) is 10.7. The van der Waals surface area contributed by atoms with E-state index in [4.69, 9.17) is 15.5 Å². The summed E-state index contributed by atoms with van der Waals surface area (Å²) in [6.07, 6.45) is 1.07. The highest BCUT2D eigenvalue weighted by Gasteiger charge is 2.16. The number of fused-ring (bicyclic) bond motifs is 1. The summed E-state index contributed by atoms with van der Waals surface area (Å²) in [5.41, 5.74) is 8.06. The average molecular weight is 287 g/mol. The maximum atomic E-state index is 5.92. The Labute approximate surface area is 126 Å². The lowest BCUT2D eigenvalue weighted by Gasteiger charge is -2.30. The first kappa shape index (κ1) is 15.7. The molecule has 1 aromatic carbocycles. The van der Waals surface area contributed by atoms with Crippen LogP contribution in [0, 0.1) is 0 Å². The Bertz CT molecular complexity index is 585. The molecule has 0 fully saturated rings.